The Kier molecular flexibility index (Phi) is 6.14. The Bertz CT molecular complexity index is 728. The van der Waals surface area contributed by atoms with E-state index in [-0.39, 0.29) is 6.03 Å². The lowest BCUT2D eigenvalue weighted by atomic mass is 10.1. The van der Waals surface area contributed by atoms with Gasteiger partial charge in [0.25, 0.3) is 0 Å². The first-order valence-corrected chi connectivity index (χ1v) is 8.68. The van der Waals surface area contributed by atoms with Gasteiger partial charge in [-0.1, -0.05) is 0 Å². The number of carbonyl (C=O) groups is 1. The Balaban J connectivity index is 1.84. The van der Waals surface area contributed by atoms with Gasteiger partial charge in [-0.15, -0.1) is 11.3 Å². The number of aromatic nitrogens is 2. The smallest absolute Gasteiger partial charge is 0.315 e. The molecule has 0 atom stereocenters. The largest absolute Gasteiger partial charge is 0.481 e. The number of carbonyl (C=O) groups excluding carboxylic acids is 1. The van der Waals surface area contributed by atoms with Crippen molar-refractivity contribution in [1.29, 1.82) is 0 Å². The van der Waals surface area contributed by atoms with Gasteiger partial charge in [-0.05, 0) is 39.3 Å². The summed E-state index contributed by atoms with van der Waals surface area (Å²) in [6.45, 7) is 8.86. The summed E-state index contributed by atoms with van der Waals surface area (Å²) in [4.78, 5) is 21.9. The molecule has 0 aromatic carbocycles. The molecule has 0 spiro atoms. The molecular weight excluding hydrogens is 324 g/mol. The molecule has 2 heterocycles. The van der Waals surface area contributed by atoms with Crippen LogP contribution in [0.5, 0.6) is 5.88 Å². The van der Waals surface area contributed by atoms with Gasteiger partial charge in [-0.3, -0.25) is 0 Å². The van der Waals surface area contributed by atoms with E-state index in [1.165, 1.54) is 4.88 Å². The highest BCUT2D eigenvalue weighted by Gasteiger charge is 2.11. The van der Waals surface area contributed by atoms with Gasteiger partial charge in [0.05, 0.1) is 24.4 Å². The zero-order chi connectivity index (χ0) is 17.7. The number of pyridine rings is 1. The Morgan fingerprint density at radius 3 is 2.58 bits per heavy atom. The third-order valence-corrected chi connectivity index (χ3v) is 4.83. The second kappa shape index (κ2) is 8.10. The van der Waals surface area contributed by atoms with Crippen molar-refractivity contribution < 1.29 is 9.53 Å². The van der Waals surface area contributed by atoms with E-state index in [2.05, 4.69) is 20.6 Å². The molecule has 2 rings (SSSR count). The first-order chi connectivity index (χ1) is 11.4. The maximum absolute atomic E-state index is 12.0. The number of nitrogens with one attached hydrogen (secondary N) is 2. The SMILES string of the molecule is COc1nc(C)cc(C)c1CNC(=O)NCCc1sc(C)nc1C. The van der Waals surface area contributed by atoms with Gasteiger partial charge in [0.1, 0.15) is 0 Å². The fourth-order valence-electron chi connectivity index (χ4n) is 2.54. The van der Waals surface area contributed by atoms with Crippen molar-refractivity contribution in [2.24, 2.45) is 0 Å². The molecule has 0 radical (unpaired) electrons. The molecule has 2 aromatic heterocycles. The van der Waals surface area contributed by atoms with Gasteiger partial charge >= 0.3 is 6.03 Å². The molecule has 0 bridgehead atoms. The van der Waals surface area contributed by atoms with Crippen LogP contribution in [-0.4, -0.2) is 29.7 Å². The van der Waals surface area contributed by atoms with Crippen LogP contribution in [0.15, 0.2) is 6.07 Å². The molecule has 130 valence electrons. The van der Waals surface area contributed by atoms with E-state index in [0.717, 1.165) is 33.9 Å². The van der Waals surface area contributed by atoms with Crippen LogP contribution >= 0.6 is 11.3 Å². The summed E-state index contributed by atoms with van der Waals surface area (Å²) in [6, 6.07) is 1.78. The number of rotatable bonds is 6. The number of methoxy groups -OCH3 is 1. The van der Waals surface area contributed by atoms with Gasteiger partial charge in [0, 0.05) is 29.1 Å². The fraction of sp³-hybridized carbons (Fsp3) is 0.471. The van der Waals surface area contributed by atoms with Crippen LogP contribution in [0.2, 0.25) is 0 Å². The van der Waals surface area contributed by atoms with Gasteiger partial charge < -0.3 is 15.4 Å². The van der Waals surface area contributed by atoms with E-state index < -0.39 is 0 Å². The highest BCUT2D eigenvalue weighted by atomic mass is 32.1. The normalized spacial score (nSPS) is 10.5. The first kappa shape index (κ1) is 18.2. The Morgan fingerprint density at radius 2 is 1.96 bits per heavy atom. The van der Waals surface area contributed by atoms with Crippen molar-refractivity contribution >= 4 is 17.4 Å². The van der Waals surface area contributed by atoms with E-state index in [1.54, 1.807) is 18.4 Å². The molecule has 7 heteroatoms. The molecule has 0 aliphatic rings. The molecule has 0 saturated carbocycles. The number of aryl methyl sites for hydroxylation is 4. The summed E-state index contributed by atoms with van der Waals surface area (Å²) >= 11 is 1.68. The van der Waals surface area contributed by atoms with Crippen LogP contribution in [0.4, 0.5) is 4.79 Å². The molecule has 0 aliphatic carbocycles. The Labute approximate surface area is 146 Å². The van der Waals surface area contributed by atoms with Gasteiger partial charge in [-0.2, -0.15) is 0 Å². The average Bonchev–Trinajstić information content (AvgIpc) is 2.83. The number of amides is 2. The number of hydrogen-bond acceptors (Lipinski definition) is 5. The number of thiazole rings is 1. The molecule has 0 aliphatic heterocycles. The molecule has 2 N–H and O–H groups in total. The van der Waals surface area contributed by atoms with Crippen LogP contribution < -0.4 is 15.4 Å². The summed E-state index contributed by atoms with van der Waals surface area (Å²) in [5.41, 5.74) is 3.89. The molecule has 0 saturated heterocycles. The van der Waals surface area contributed by atoms with Crippen molar-refractivity contribution in [2.75, 3.05) is 13.7 Å². The number of nitrogens with zero attached hydrogens (tertiary/aromatic N) is 2. The molecule has 6 nitrogen and oxygen atoms in total. The molecule has 0 fully saturated rings. The summed E-state index contributed by atoms with van der Waals surface area (Å²) in [6.07, 6.45) is 0.791. The van der Waals surface area contributed by atoms with Crippen molar-refractivity contribution in [2.45, 2.75) is 40.7 Å². The number of ether oxygens (including phenoxy) is 1. The van der Waals surface area contributed by atoms with Gasteiger partial charge in [0.2, 0.25) is 5.88 Å². The van der Waals surface area contributed by atoms with Crippen LogP contribution in [0, 0.1) is 27.7 Å². The minimum absolute atomic E-state index is 0.198. The van der Waals surface area contributed by atoms with Crippen LogP contribution in [-0.2, 0) is 13.0 Å². The van der Waals surface area contributed by atoms with E-state index in [9.17, 15) is 4.79 Å². The second-order valence-electron chi connectivity index (χ2n) is 5.67. The summed E-state index contributed by atoms with van der Waals surface area (Å²) < 4.78 is 5.31. The number of hydrogen-bond donors (Lipinski definition) is 2. The predicted octanol–water partition coefficient (Wildman–Crippen LogP) is 2.82. The predicted molar refractivity (Wildman–Crippen MR) is 95.8 cm³/mol. The van der Waals surface area contributed by atoms with Crippen LogP contribution in [0.25, 0.3) is 0 Å². The summed E-state index contributed by atoms with van der Waals surface area (Å²) in [5, 5.41) is 6.79. The van der Waals surface area contributed by atoms with Crippen molar-refractivity contribution in [3.05, 3.63) is 38.5 Å². The zero-order valence-corrected chi connectivity index (χ0v) is 15.6. The standard InChI is InChI=1S/C17H24N4O2S/c1-10-8-11(2)20-16(23-5)14(10)9-19-17(22)18-7-6-15-12(3)21-13(4)24-15/h8H,6-7,9H2,1-5H3,(H2,18,19,22). The van der Waals surface area contributed by atoms with E-state index >= 15 is 0 Å². The third kappa shape index (κ3) is 4.67. The second-order valence-corrected chi connectivity index (χ2v) is 6.96. The first-order valence-electron chi connectivity index (χ1n) is 7.86. The average molecular weight is 348 g/mol. The lowest BCUT2D eigenvalue weighted by Gasteiger charge is -2.13. The molecule has 24 heavy (non-hydrogen) atoms. The lowest BCUT2D eigenvalue weighted by molar-refractivity contribution is 0.240. The maximum Gasteiger partial charge on any atom is 0.315 e. The van der Waals surface area contributed by atoms with Crippen LogP contribution in [0.1, 0.15) is 32.4 Å². The molecular formula is C17H24N4O2S. The molecule has 0 unspecified atom stereocenters. The third-order valence-electron chi connectivity index (χ3n) is 3.69. The van der Waals surface area contributed by atoms with Crippen molar-refractivity contribution in [3.63, 3.8) is 0 Å². The minimum Gasteiger partial charge on any atom is -0.481 e. The Hall–Kier alpha value is -2.15. The van der Waals surface area contributed by atoms with Crippen molar-refractivity contribution in [3.8, 4) is 5.88 Å². The molecule has 2 aromatic rings. The Morgan fingerprint density at radius 1 is 1.21 bits per heavy atom. The minimum atomic E-state index is -0.198. The fourth-order valence-corrected chi connectivity index (χ4v) is 3.48. The van der Waals surface area contributed by atoms with Crippen LogP contribution in [0.3, 0.4) is 0 Å². The summed E-state index contributed by atoms with van der Waals surface area (Å²) in [7, 11) is 1.59. The summed E-state index contributed by atoms with van der Waals surface area (Å²) in [5.74, 6) is 0.559. The zero-order valence-electron chi connectivity index (χ0n) is 14.8. The highest BCUT2D eigenvalue weighted by Crippen LogP contribution is 2.20. The lowest BCUT2D eigenvalue weighted by Crippen LogP contribution is -2.36. The van der Waals surface area contributed by atoms with Gasteiger partial charge in [0.15, 0.2) is 0 Å². The number of urea groups is 1. The van der Waals surface area contributed by atoms with Crippen molar-refractivity contribution in [1.82, 2.24) is 20.6 Å². The maximum atomic E-state index is 12.0. The quantitative estimate of drug-likeness (QED) is 0.842. The van der Waals surface area contributed by atoms with E-state index in [4.69, 9.17) is 4.74 Å². The van der Waals surface area contributed by atoms with Gasteiger partial charge in [-0.25, -0.2) is 14.8 Å². The molecule has 2 amide bonds. The van der Waals surface area contributed by atoms with E-state index in [0.29, 0.717) is 19.0 Å². The monoisotopic (exact) mass is 348 g/mol. The van der Waals surface area contributed by atoms with E-state index in [1.807, 2.05) is 33.8 Å². The highest BCUT2D eigenvalue weighted by molar-refractivity contribution is 7.11. The topological polar surface area (TPSA) is 76.1 Å².